The maximum atomic E-state index is 11.8. The molecule has 2 aromatic rings. The highest BCUT2D eigenvalue weighted by molar-refractivity contribution is 9.10. The molecule has 0 atom stereocenters. The van der Waals surface area contributed by atoms with E-state index in [2.05, 4.69) is 26.5 Å². The minimum absolute atomic E-state index is 0.176. The number of methoxy groups -OCH3 is 1. The summed E-state index contributed by atoms with van der Waals surface area (Å²) in [5, 5.41) is 3.90. The molecule has 1 amide bonds. The number of hydrogen-bond donors (Lipinski definition) is 1. The summed E-state index contributed by atoms with van der Waals surface area (Å²) in [6.45, 7) is 2.66. The lowest BCUT2D eigenvalue weighted by Crippen LogP contribution is -2.16. The average Bonchev–Trinajstić information content (AvgIpc) is 3.00. The summed E-state index contributed by atoms with van der Waals surface area (Å²) >= 11 is 3.13. The molecule has 1 N–H and O–H groups in total. The number of benzene rings is 1. The number of carbonyl (C=O) groups is 1. The monoisotopic (exact) mass is 380 g/mol. The van der Waals surface area contributed by atoms with Gasteiger partial charge in [0.05, 0.1) is 19.9 Å². The second-order valence-corrected chi connectivity index (χ2v) is 5.34. The summed E-state index contributed by atoms with van der Waals surface area (Å²) in [5.74, 6) is 1.04. The van der Waals surface area contributed by atoms with Gasteiger partial charge in [-0.15, -0.1) is 0 Å². The predicted octanol–water partition coefficient (Wildman–Crippen LogP) is 3.60. The van der Waals surface area contributed by atoms with Crippen molar-refractivity contribution >= 4 is 28.1 Å². The molecule has 6 nitrogen and oxygen atoms in total. The van der Waals surface area contributed by atoms with Crippen molar-refractivity contribution in [1.82, 2.24) is 5.43 Å². The number of halogens is 1. The van der Waals surface area contributed by atoms with Crippen molar-refractivity contribution in [2.24, 2.45) is 5.10 Å². The molecular formula is C16H17BrN2O4. The Morgan fingerprint density at radius 2 is 2.17 bits per heavy atom. The van der Waals surface area contributed by atoms with Gasteiger partial charge in [-0.05, 0) is 58.2 Å². The minimum Gasteiger partial charge on any atom is -0.493 e. The maximum absolute atomic E-state index is 11.8. The largest absolute Gasteiger partial charge is 0.493 e. The lowest BCUT2D eigenvalue weighted by molar-refractivity contribution is 0.0926. The number of nitrogens with one attached hydrogen (secondary N) is 1. The molecule has 1 heterocycles. The second-order valence-electron chi connectivity index (χ2n) is 4.56. The molecule has 0 aliphatic carbocycles. The van der Waals surface area contributed by atoms with Crippen LogP contribution in [0.3, 0.4) is 0 Å². The molecule has 0 bridgehead atoms. The fraction of sp³-hybridized carbons (Fsp3) is 0.250. The molecule has 1 aromatic carbocycles. The van der Waals surface area contributed by atoms with Crippen LogP contribution in [0.15, 0.2) is 44.5 Å². The summed E-state index contributed by atoms with van der Waals surface area (Å²) in [6, 6.07) is 8.61. The van der Waals surface area contributed by atoms with Crippen molar-refractivity contribution in [2.45, 2.75) is 13.3 Å². The first-order valence-electron chi connectivity index (χ1n) is 7.03. The summed E-state index contributed by atoms with van der Waals surface area (Å²) in [6.07, 6.45) is 2.43. The molecule has 0 radical (unpaired) electrons. The molecule has 0 saturated carbocycles. The van der Waals surface area contributed by atoms with Crippen LogP contribution in [0, 0.1) is 0 Å². The number of rotatable bonds is 7. The zero-order valence-corrected chi connectivity index (χ0v) is 14.4. The quantitative estimate of drug-likeness (QED) is 0.588. The maximum Gasteiger partial charge on any atom is 0.307 e. The number of carbonyl (C=O) groups excluding carboxylic acids is 1. The van der Waals surface area contributed by atoms with Gasteiger partial charge < -0.3 is 13.9 Å². The molecule has 122 valence electrons. The lowest BCUT2D eigenvalue weighted by Gasteiger charge is -2.10. The number of ether oxygens (including phenoxy) is 2. The molecule has 1 aromatic heterocycles. The molecule has 0 unspecified atom stereocenters. The number of hydrazone groups is 1. The van der Waals surface area contributed by atoms with Gasteiger partial charge in [0.1, 0.15) is 0 Å². The minimum atomic E-state index is -0.429. The molecular weight excluding hydrogens is 364 g/mol. The molecule has 23 heavy (non-hydrogen) atoms. The van der Waals surface area contributed by atoms with Gasteiger partial charge in [0.25, 0.3) is 0 Å². The Labute approximate surface area is 142 Å². The van der Waals surface area contributed by atoms with Crippen LogP contribution >= 0.6 is 15.9 Å². The highest BCUT2D eigenvalue weighted by Gasteiger charge is 2.09. The molecule has 0 aliphatic rings. The summed E-state index contributed by atoms with van der Waals surface area (Å²) < 4.78 is 16.5. The molecule has 0 spiro atoms. The number of furan rings is 1. The number of hydrogen-bond acceptors (Lipinski definition) is 5. The van der Waals surface area contributed by atoms with Crippen molar-refractivity contribution in [3.05, 3.63) is 46.3 Å². The van der Waals surface area contributed by atoms with E-state index in [0.29, 0.717) is 22.8 Å². The third-order valence-corrected chi connectivity index (χ3v) is 3.25. The molecule has 0 aliphatic heterocycles. The zero-order valence-electron chi connectivity index (χ0n) is 12.8. The van der Waals surface area contributed by atoms with Crippen LogP contribution in [-0.2, 0) is 0 Å². The Morgan fingerprint density at radius 3 is 2.83 bits per heavy atom. The van der Waals surface area contributed by atoms with Gasteiger partial charge in [0, 0.05) is 0 Å². The van der Waals surface area contributed by atoms with Crippen LogP contribution in [0.25, 0.3) is 0 Å². The summed E-state index contributed by atoms with van der Waals surface area (Å²) in [7, 11) is 1.58. The van der Waals surface area contributed by atoms with Gasteiger partial charge in [-0.25, -0.2) is 5.43 Å². The van der Waals surface area contributed by atoms with E-state index in [1.165, 1.54) is 6.21 Å². The smallest absolute Gasteiger partial charge is 0.307 e. The van der Waals surface area contributed by atoms with Crippen molar-refractivity contribution in [3.63, 3.8) is 0 Å². The van der Waals surface area contributed by atoms with Gasteiger partial charge in [-0.1, -0.05) is 6.92 Å². The first-order valence-corrected chi connectivity index (χ1v) is 7.83. The molecule has 0 fully saturated rings. The Hall–Kier alpha value is -2.28. The van der Waals surface area contributed by atoms with Crippen LogP contribution in [-0.4, -0.2) is 25.8 Å². The SMILES string of the molecule is CCCOc1ccc(/C=N\NC(=O)c2ccc(Br)o2)cc1OC. The van der Waals surface area contributed by atoms with Crippen molar-refractivity contribution in [2.75, 3.05) is 13.7 Å². The number of nitrogens with zero attached hydrogens (tertiary/aromatic N) is 1. The van der Waals surface area contributed by atoms with Crippen LogP contribution in [0.2, 0.25) is 0 Å². The Bertz CT molecular complexity index is 697. The standard InChI is InChI=1S/C16H17BrN2O4/c1-3-8-22-12-5-4-11(9-14(12)21-2)10-18-19-16(20)13-6-7-15(17)23-13/h4-7,9-10H,3,8H2,1-2H3,(H,19,20)/b18-10-. The lowest BCUT2D eigenvalue weighted by atomic mass is 10.2. The second kappa shape index (κ2) is 8.38. The summed E-state index contributed by atoms with van der Waals surface area (Å²) in [4.78, 5) is 11.8. The highest BCUT2D eigenvalue weighted by atomic mass is 79.9. The predicted molar refractivity (Wildman–Crippen MR) is 90.2 cm³/mol. The van der Waals surface area contributed by atoms with Gasteiger partial charge in [-0.3, -0.25) is 4.79 Å². The van der Waals surface area contributed by atoms with Crippen LogP contribution in [0.5, 0.6) is 11.5 Å². The molecule has 7 heteroatoms. The van der Waals surface area contributed by atoms with E-state index >= 15 is 0 Å². The first-order chi connectivity index (χ1) is 11.1. The van der Waals surface area contributed by atoms with Gasteiger partial charge in [0.15, 0.2) is 21.9 Å². The molecule has 2 rings (SSSR count). The van der Waals surface area contributed by atoms with E-state index in [9.17, 15) is 4.79 Å². The Balaban J connectivity index is 2.00. The topological polar surface area (TPSA) is 73.1 Å². The van der Waals surface area contributed by atoms with Gasteiger partial charge in [0.2, 0.25) is 0 Å². The Morgan fingerprint density at radius 1 is 1.35 bits per heavy atom. The highest BCUT2D eigenvalue weighted by Crippen LogP contribution is 2.27. The van der Waals surface area contributed by atoms with E-state index < -0.39 is 5.91 Å². The van der Waals surface area contributed by atoms with Gasteiger partial charge in [-0.2, -0.15) is 5.10 Å². The van der Waals surface area contributed by atoms with Crippen LogP contribution in [0.1, 0.15) is 29.5 Å². The third-order valence-electron chi connectivity index (χ3n) is 2.83. The summed E-state index contributed by atoms with van der Waals surface area (Å²) in [5.41, 5.74) is 3.16. The van der Waals surface area contributed by atoms with E-state index in [1.54, 1.807) is 31.4 Å². The van der Waals surface area contributed by atoms with E-state index in [4.69, 9.17) is 13.9 Å². The average molecular weight is 381 g/mol. The molecule has 0 saturated heterocycles. The van der Waals surface area contributed by atoms with Crippen molar-refractivity contribution < 1.29 is 18.7 Å². The third kappa shape index (κ3) is 4.85. The van der Waals surface area contributed by atoms with Crippen LogP contribution in [0.4, 0.5) is 0 Å². The van der Waals surface area contributed by atoms with Crippen molar-refractivity contribution in [3.8, 4) is 11.5 Å². The van der Waals surface area contributed by atoms with E-state index in [0.717, 1.165) is 12.0 Å². The van der Waals surface area contributed by atoms with E-state index in [-0.39, 0.29) is 5.76 Å². The van der Waals surface area contributed by atoms with E-state index in [1.807, 2.05) is 13.0 Å². The first kappa shape index (κ1) is 17.1. The fourth-order valence-corrected chi connectivity index (χ4v) is 2.06. The fourth-order valence-electron chi connectivity index (χ4n) is 1.75. The number of amides is 1. The Kier molecular flexibility index (Phi) is 6.22. The normalized spacial score (nSPS) is 10.7. The van der Waals surface area contributed by atoms with Crippen LogP contribution < -0.4 is 14.9 Å². The van der Waals surface area contributed by atoms with Crippen molar-refractivity contribution in [1.29, 1.82) is 0 Å². The zero-order chi connectivity index (χ0) is 16.7. The van der Waals surface area contributed by atoms with Gasteiger partial charge >= 0.3 is 5.91 Å².